The number of aromatic nitrogens is 2. The van der Waals surface area contributed by atoms with E-state index in [2.05, 4.69) is 15.9 Å². The quantitative estimate of drug-likeness (QED) is 0.289. The maximum absolute atomic E-state index is 14.2. The van der Waals surface area contributed by atoms with Crippen molar-refractivity contribution in [3.63, 3.8) is 0 Å². The molecule has 1 aliphatic heterocycles. The van der Waals surface area contributed by atoms with Crippen LogP contribution in [-0.2, 0) is 11.3 Å². The maximum Gasteiger partial charge on any atom is 0.256 e. The van der Waals surface area contributed by atoms with E-state index in [1.165, 1.54) is 12.1 Å². The molecule has 0 N–H and O–H groups in total. The van der Waals surface area contributed by atoms with Crippen molar-refractivity contribution in [3.05, 3.63) is 63.5 Å². The van der Waals surface area contributed by atoms with Crippen LogP contribution >= 0.6 is 15.9 Å². The van der Waals surface area contributed by atoms with Crippen molar-refractivity contribution >= 4 is 38.5 Å². The van der Waals surface area contributed by atoms with Crippen molar-refractivity contribution in [2.45, 2.75) is 39.2 Å². The summed E-state index contributed by atoms with van der Waals surface area (Å²) in [6, 6.07) is 8.32. The molecule has 8 heteroatoms. The lowest BCUT2D eigenvalue weighted by Gasteiger charge is -2.32. The molecule has 0 bridgehead atoms. The van der Waals surface area contributed by atoms with E-state index < -0.39 is 5.82 Å². The number of nitrogens with zero attached hydrogens (tertiary/aromatic N) is 3. The summed E-state index contributed by atoms with van der Waals surface area (Å²) in [5, 5.41) is 5.71. The normalized spacial score (nSPS) is 14.6. The summed E-state index contributed by atoms with van der Waals surface area (Å²) in [6.07, 6.45) is 4.87. The number of fused-ring (bicyclic) bond motifs is 1. The molecule has 1 aromatic heterocycles. The topological polar surface area (TPSA) is 64.4 Å². The molecule has 0 unspecified atom stereocenters. The van der Waals surface area contributed by atoms with E-state index in [4.69, 9.17) is 9.84 Å². The van der Waals surface area contributed by atoms with Gasteiger partial charge in [-0.15, -0.1) is 0 Å². The Morgan fingerprint density at radius 3 is 2.62 bits per heavy atom. The summed E-state index contributed by atoms with van der Waals surface area (Å²) < 4.78 is 21.8. The fourth-order valence-corrected chi connectivity index (χ4v) is 4.94. The van der Waals surface area contributed by atoms with Crippen molar-refractivity contribution in [2.75, 3.05) is 26.8 Å². The largest absolute Gasteiger partial charge is 0.385 e. The number of benzene rings is 2. The van der Waals surface area contributed by atoms with Crippen molar-refractivity contribution < 1.29 is 18.7 Å². The van der Waals surface area contributed by atoms with Crippen molar-refractivity contribution in [1.29, 1.82) is 0 Å². The number of amides is 1. The predicted molar refractivity (Wildman–Crippen MR) is 133 cm³/mol. The molecule has 2 heterocycles. The van der Waals surface area contributed by atoms with Gasteiger partial charge in [0.15, 0.2) is 5.78 Å². The zero-order chi connectivity index (χ0) is 24.2. The van der Waals surface area contributed by atoms with Gasteiger partial charge in [-0.3, -0.25) is 14.3 Å². The molecule has 0 radical (unpaired) electrons. The van der Waals surface area contributed by atoms with Crippen molar-refractivity contribution in [2.24, 2.45) is 5.92 Å². The second-order valence-corrected chi connectivity index (χ2v) is 9.82. The first kappa shape index (κ1) is 24.5. The number of hydrogen-bond acceptors (Lipinski definition) is 4. The Morgan fingerprint density at radius 2 is 1.91 bits per heavy atom. The van der Waals surface area contributed by atoms with Crippen LogP contribution in [0.4, 0.5) is 4.39 Å². The van der Waals surface area contributed by atoms with E-state index in [1.54, 1.807) is 18.1 Å². The molecule has 34 heavy (non-hydrogen) atoms. The number of aryl methyl sites for hydroxylation is 1. The summed E-state index contributed by atoms with van der Waals surface area (Å²) in [6.45, 7) is 4.49. The van der Waals surface area contributed by atoms with Gasteiger partial charge < -0.3 is 9.64 Å². The number of carbonyl (C=O) groups excluding carboxylic acids is 2. The molecule has 1 amide bonds. The molecule has 0 aliphatic carbocycles. The first-order chi connectivity index (χ1) is 16.4. The Bertz CT molecular complexity index is 1200. The van der Waals surface area contributed by atoms with E-state index in [0.717, 1.165) is 41.4 Å². The Kier molecular flexibility index (Phi) is 7.78. The Balaban J connectivity index is 1.38. The van der Waals surface area contributed by atoms with E-state index in [-0.39, 0.29) is 17.3 Å². The molecule has 1 fully saturated rings. The monoisotopic (exact) mass is 529 g/mol. The van der Waals surface area contributed by atoms with E-state index in [9.17, 15) is 14.0 Å². The number of likely N-dealkylation sites (tertiary alicyclic amines) is 1. The molecule has 6 nitrogen and oxygen atoms in total. The summed E-state index contributed by atoms with van der Waals surface area (Å²) in [7, 11) is 1.64. The number of Topliss-reactive ketones (excluding diaryl/α,β-unsaturated/α-hetero) is 1. The van der Waals surface area contributed by atoms with Gasteiger partial charge in [-0.1, -0.05) is 15.9 Å². The number of ether oxygens (including phenoxy) is 1. The molecule has 1 aliphatic rings. The molecule has 4 rings (SSSR count). The molecule has 180 valence electrons. The second kappa shape index (κ2) is 10.8. The summed E-state index contributed by atoms with van der Waals surface area (Å²) in [5.41, 5.74) is 2.70. The molecule has 0 saturated carbocycles. The van der Waals surface area contributed by atoms with Gasteiger partial charge in [0.1, 0.15) is 5.82 Å². The highest BCUT2D eigenvalue weighted by Crippen LogP contribution is 2.26. The van der Waals surface area contributed by atoms with Crippen LogP contribution < -0.4 is 0 Å². The number of carbonyl (C=O) groups is 2. The van der Waals surface area contributed by atoms with Gasteiger partial charge in [-0.2, -0.15) is 5.10 Å². The Morgan fingerprint density at radius 1 is 1.18 bits per heavy atom. The van der Waals surface area contributed by atoms with Gasteiger partial charge >= 0.3 is 0 Å². The SMILES string of the molecule is COCCCC(=O)c1ccc2nn(CC3CCN(C(=O)c4ccc(Br)cc4F)CC3)cc2c1C. The molecule has 2 aromatic carbocycles. The molecule has 0 atom stereocenters. The van der Waals surface area contributed by atoms with E-state index in [0.29, 0.717) is 42.9 Å². The summed E-state index contributed by atoms with van der Waals surface area (Å²) >= 11 is 3.23. The third-order valence-corrected chi connectivity index (χ3v) is 7.06. The van der Waals surface area contributed by atoms with Crippen LogP contribution in [0.2, 0.25) is 0 Å². The lowest BCUT2D eigenvalue weighted by Crippen LogP contribution is -2.39. The van der Waals surface area contributed by atoms with Crippen LogP contribution in [0.1, 0.15) is 52.0 Å². The minimum atomic E-state index is -0.503. The van der Waals surface area contributed by atoms with Gasteiger partial charge in [0.25, 0.3) is 5.91 Å². The minimum Gasteiger partial charge on any atom is -0.385 e. The van der Waals surface area contributed by atoms with Gasteiger partial charge in [-0.25, -0.2) is 4.39 Å². The van der Waals surface area contributed by atoms with Gasteiger partial charge in [-0.05, 0) is 68.0 Å². The van der Waals surface area contributed by atoms with Crippen LogP contribution in [0.25, 0.3) is 10.9 Å². The summed E-state index contributed by atoms with van der Waals surface area (Å²) in [5.74, 6) is -0.254. The van der Waals surface area contributed by atoms with E-state index in [1.807, 2.05) is 29.9 Å². The van der Waals surface area contributed by atoms with Crippen molar-refractivity contribution in [3.8, 4) is 0 Å². The Hall–Kier alpha value is -2.58. The van der Waals surface area contributed by atoms with Crippen LogP contribution in [-0.4, -0.2) is 53.2 Å². The van der Waals surface area contributed by atoms with Gasteiger partial charge in [0.2, 0.25) is 0 Å². The fourth-order valence-electron chi connectivity index (χ4n) is 4.60. The molecular weight excluding hydrogens is 501 g/mol. The first-order valence-corrected chi connectivity index (χ1v) is 12.4. The van der Waals surface area contributed by atoms with Crippen LogP contribution in [0.15, 0.2) is 41.0 Å². The van der Waals surface area contributed by atoms with Crippen LogP contribution in [0.5, 0.6) is 0 Å². The minimum absolute atomic E-state index is 0.114. The average molecular weight is 530 g/mol. The number of methoxy groups -OCH3 is 1. The van der Waals surface area contributed by atoms with Gasteiger partial charge in [0, 0.05) is 61.4 Å². The highest BCUT2D eigenvalue weighted by atomic mass is 79.9. The molecule has 0 spiro atoms. The number of halogens is 2. The smallest absolute Gasteiger partial charge is 0.256 e. The number of rotatable bonds is 8. The lowest BCUT2D eigenvalue weighted by atomic mass is 9.96. The second-order valence-electron chi connectivity index (χ2n) is 8.90. The van der Waals surface area contributed by atoms with Crippen LogP contribution in [0, 0.1) is 18.7 Å². The fraction of sp³-hybridized carbons (Fsp3) is 0.423. The van der Waals surface area contributed by atoms with Gasteiger partial charge in [0.05, 0.1) is 11.1 Å². The molecular formula is C26H29BrFN3O3. The molecule has 1 saturated heterocycles. The third-order valence-electron chi connectivity index (χ3n) is 6.57. The number of ketones is 1. The average Bonchev–Trinajstić information content (AvgIpc) is 3.23. The highest BCUT2D eigenvalue weighted by molar-refractivity contribution is 9.10. The lowest BCUT2D eigenvalue weighted by molar-refractivity contribution is 0.0676. The summed E-state index contributed by atoms with van der Waals surface area (Å²) in [4.78, 5) is 27.1. The Labute approximate surface area is 207 Å². The van der Waals surface area contributed by atoms with E-state index >= 15 is 0 Å². The predicted octanol–water partition coefficient (Wildman–Crippen LogP) is 5.41. The zero-order valence-electron chi connectivity index (χ0n) is 19.5. The maximum atomic E-state index is 14.2. The first-order valence-electron chi connectivity index (χ1n) is 11.6. The highest BCUT2D eigenvalue weighted by Gasteiger charge is 2.26. The van der Waals surface area contributed by atoms with Crippen LogP contribution in [0.3, 0.4) is 0 Å². The standard InChI is InChI=1S/C26H29BrFN3O3/c1-17-20(25(32)4-3-13-34-2)7-8-24-22(17)16-31(29-24)15-18-9-11-30(12-10-18)26(33)21-6-5-19(27)14-23(21)28/h5-8,14,16,18H,3-4,9-13,15H2,1-2H3. The molecule has 3 aromatic rings. The van der Waals surface area contributed by atoms with Crippen molar-refractivity contribution in [1.82, 2.24) is 14.7 Å². The third kappa shape index (κ3) is 5.39. The number of piperidine rings is 1. The zero-order valence-corrected chi connectivity index (χ0v) is 21.1. The number of hydrogen-bond donors (Lipinski definition) is 0.